The van der Waals surface area contributed by atoms with E-state index in [0.29, 0.717) is 0 Å². The molecule has 0 aliphatic carbocycles. The first-order valence-corrected chi connectivity index (χ1v) is 7.06. The maximum Gasteiger partial charge on any atom is 0.270 e. The second-order valence-corrected chi connectivity index (χ2v) is 5.74. The summed E-state index contributed by atoms with van der Waals surface area (Å²) < 4.78 is 35.1. The molecule has 0 heterocycles. The molecule has 0 unspecified atom stereocenters. The third kappa shape index (κ3) is 4.24. The molecule has 0 radical (unpaired) electrons. The molecule has 0 aromatic heterocycles. The molecule has 110 valence electrons. The summed E-state index contributed by atoms with van der Waals surface area (Å²) in [6.45, 7) is 0.961. The average molecular weight is 305 g/mol. The molecule has 0 saturated carbocycles. The van der Waals surface area contributed by atoms with Gasteiger partial charge in [0.05, 0.1) is 16.2 Å². The van der Waals surface area contributed by atoms with Gasteiger partial charge in [0.2, 0.25) is 10.0 Å². The maximum atomic E-state index is 13.7. The number of hydrogen-bond acceptors (Lipinski definition) is 5. The number of nitro groups is 1. The Morgan fingerprint density at radius 1 is 1.50 bits per heavy atom. The van der Waals surface area contributed by atoms with Crippen molar-refractivity contribution in [2.75, 3.05) is 12.3 Å². The zero-order valence-corrected chi connectivity index (χ0v) is 11.2. The van der Waals surface area contributed by atoms with Crippen molar-refractivity contribution in [3.63, 3.8) is 0 Å². The van der Waals surface area contributed by atoms with Gasteiger partial charge >= 0.3 is 0 Å². The number of primary sulfonamides is 1. The summed E-state index contributed by atoms with van der Waals surface area (Å²) in [5, 5.41) is 17.5. The van der Waals surface area contributed by atoms with Crippen LogP contribution in [0, 0.1) is 22.9 Å². The van der Waals surface area contributed by atoms with Crippen LogP contribution in [-0.4, -0.2) is 31.5 Å². The van der Waals surface area contributed by atoms with Crippen molar-refractivity contribution in [3.05, 3.63) is 39.2 Å². The van der Waals surface area contributed by atoms with E-state index < -0.39 is 43.7 Å². The first-order chi connectivity index (χ1) is 9.11. The standard InChI is InChI=1S/C10H12FN3O5S/c1-6-4-7(14(16)17)5-8(9(6)11)10(15)13-2-3-20(12,18)19/h4-5H,2-3H2,1H3,(H,13,15)(H2,12,18,19). The molecule has 3 N–H and O–H groups in total. The average Bonchev–Trinajstić information content (AvgIpc) is 2.30. The van der Waals surface area contributed by atoms with Gasteiger partial charge in [0.15, 0.2) is 0 Å². The molecule has 0 aliphatic heterocycles. The van der Waals surface area contributed by atoms with Crippen molar-refractivity contribution in [1.29, 1.82) is 0 Å². The quantitative estimate of drug-likeness (QED) is 0.586. The van der Waals surface area contributed by atoms with Crippen LogP contribution in [0.2, 0.25) is 0 Å². The van der Waals surface area contributed by atoms with E-state index in [-0.39, 0.29) is 12.1 Å². The van der Waals surface area contributed by atoms with Gasteiger partial charge in [-0.05, 0) is 12.5 Å². The normalized spacial score (nSPS) is 11.2. The largest absolute Gasteiger partial charge is 0.351 e. The lowest BCUT2D eigenvalue weighted by Crippen LogP contribution is -2.32. The van der Waals surface area contributed by atoms with Crippen molar-refractivity contribution >= 4 is 21.6 Å². The van der Waals surface area contributed by atoms with Gasteiger partial charge in [-0.25, -0.2) is 17.9 Å². The summed E-state index contributed by atoms with van der Waals surface area (Å²) in [4.78, 5) is 21.6. The summed E-state index contributed by atoms with van der Waals surface area (Å²) in [5.41, 5.74) is -1.01. The number of sulfonamides is 1. The lowest BCUT2D eigenvalue weighted by Gasteiger charge is -2.07. The number of carbonyl (C=O) groups excluding carboxylic acids is 1. The SMILES string of the molecule is Cc1cc([N+](=O)[O-])cc(C(=O)NCCS(N)(=O)=O)c1F. The van der Waals surface area contributed by atoms with Gasteiger partial charge in [0, 0.05) is 18.7 Å². The molecule has 1 aromatic rings. The summed E-state index contributed by atoms with van der Waals surface area (Å²) in [7, 11) is -3.76. The molecule has 8 nitrogen and oxygen atoms in total. The van der Waals surface area contributed by atoms with Crippen molar-refractivity contribution in [3.8, 4) is 0 Å². The topological polar surface area (TPSA) is 132 Å². The third-order valence-electron chi connectivity index (χ3n) is 2.37. The number of nitrogens with zero attached hydrogens (tertiary/aromatic N) is 1. The highest BCUT2D eigenvalue weighted by molar-refractivity contribution is 7.89. The second-order valence-electron chi connectivity index (χ2n) is 4.00. The molecule has 1 aromatic carbocycles. The Morgan fingerprint density at radius 2 is 2.10 bits per heavy atom. The fourth-order valence-corrected chi connectivity index (χ4v) is 1.81. The molecular weight excluding hydrogens is 293 g/mol. The fraction of sp³-hybridized carbons (Fsp3) is 0.300. The predicted molar refractivity (Wildman–Crippen MR) is 68.1 cm³/mol. The van der Waals surface area contributed by atoms with Crippen LogP contribution in [0.5, 0.6) is 0 Å². The zero-order chi connectivity index (χ0) is 15.5. The number of carbonyl (C=O) groups is 1. The van der Waals surface area contributed by atoms with Crippen molar-refractivity contribution in [1.82, 2.24) is 5.32 Å². The minimum Gasteiger partial charge on any atom is -0.351 e. The number of rotatable bonds is 5. The number of amides is 1. The van der Waals surface area contributed by atoms with Crippen LogP contribution in [0.25, 0.3) is 0 Å². The first kappa shape index (κ1) is 16.0. The van der Waals surface area contributed by atoms with E-state index in [0.717, 1.165) is 12.1 Å². The molecule has 10 heteroatoms. The minimum atomic E-state index is -3.76. The van der Waals surface area contributed by atoms with E-state index in [1.165, 1.54) is 6.92 Å². The van der Waals surface area contributed by atoms with Crippen LogP contribution in [0.3, 0.4) is 0 Å². The number of aryl methyl sites for hydroxylation is 1. The highest BCUT2D eigenvalue weighted by Crippen LogP contribution is 2.20. The molecule has 0 saturated heterocycles. The van der Waals surface area contributed by atoms with E-state index in [1.54, 1.807) is 0 Å². The smallest absolute Gasteiger partial charge is 0.270 e. The number of non-ortho nitro benzene ring substituents is 1. The zero-order valence-electron chi connectivity index (χ0n) is 10.4. The molecule has 0 bridgehead atoms. The number of hydrogen-bond donors (Lipinski definition) is 2. The van der Waals surface area contributed by atoms with E-state index >= 15 is 0 Å². The Morgan fingerprint density at radius 3 is 2.60 bits per heavy atom. The second kappa shape index (κ2) is 5.92. The van der Waals surface area contributed by atoms with Crippen molar-refractivity contribution in [2.24, 2.45) is 5.14 Å². The van der Waals surface area contributed by atoms with E-state index in [1.807, 2.05) is 0 Å². The first-order valence-electron chi connectivity index (χ1n) is 5.35. The van der Waals surface area contributed by atoms with Crippen LogP contribution in [0.1, 0.15) is 15.9 Å². The Kier molecular flexibility index (Phi) is 4.73. The minimum absolute atomic E-state index is 0.0594. The molecule has 0 spiro atoms. The molecule has 20 heavy (non-hydrogen) atoms. The van der Waals surface area contributed by atoms with Gasteiger partial charge in [0.25, 0.3) is 11.6 Å². The van der Waals surface area contributed by atoms with Gasteiger partial charge in [-0.2, -0.15) is 0 Å². The van der Waals surface area contributed by atoms with Crippen LogP contribution in [-0.2, 0) is 10.0 Å². The Hall–Kier alpha value is -2.07. The molecule has 0 fully saturated rings. The van der Waals surface area contributed by atoms with Crippen LogP contribution in [0.15, 0.2) is 12.1 Å². The summed E-state index contributed by atoms with van der Waals surface area (Å²) in [6, 6.07) is 1.78. The third-order valence-corrected chi connectivity index (χ3v) is 3.14. The number of nitro benzene ring substituents is 1. The van der Waals surface area contributed by atoms with Crippen LogP contribution in [0.4, 0.5) is 10.1 Å². The molecule has 0 aliphatic rings. The Bertz CT molecular complexity index is 659. The van der Waals surface area contributed by atoms with Gasteiger partial charge < -0.3 is 5.32 Å². The highest BCUT2D eigenvalue weighted by Gasteiger charge is 2.19. The predicted octanol–water partition coefficient (Wildman–Crippen LogP) is 0.0606. The Balaban J connectivity index is 2.95. The summed E-state index contributed by atoms with van der Waals surface area (Å²) in [6.07, 6.45) is 0. The number of halogens is 1. The van der Waals surface area contributed by atoms with Crippen molar-refractivity contribution in [2.45, 2.75) is 6.92 Å². The van der Waals surface area contributed by atoms with Gasteiger partial charge in [-0.3, -0.25) is 14.9 Å². The fourth-order valence-electron chi connectivity index (χ4n) is 1.42. The van der Waals surface area contributed by atoms with Gasteiger partial charge in [-0.15, -0.1) is 0 Å². The van der Waals surface area contributed by atoms with Gasteiger partial charge in [-0.1, -0.05) is 0 Å². The summed E-state index contributed by atoms with van der Waals surface area (Å²) >= 11 is 0. The number of nitrogens with one attached hydrogen (secondary N) is 1. The van der Waals surface area contributed by atoms with E-state index in [2.05, 4.69) is 5.32 Å². The van der Waals surface area contributed by atoms with E-state index in [4.69, 9.17) is 5.14 Å². The highest BCUT2D eigenvalue weighted by atomic mass is 32.2. The maximum absolute atomic E-state index is 13.7. The van der Waals surface area contributed by atoms with Crippen LogP contribution >= 0.6 is 0 Å². The molecule has 0 atom stereocenters. The molecule has 1 rings (SSSR count). The number of benzene rings is 1. The summed E-state index contributed by atoms with van der Waals surface area (Å²) in [5.74, 6) is -2.37. The lowest BCUT2D eigenvalue weighted by molar-refractivity contribution is -0.385. The molecule has 1 amide bonds. The van der Waals surface area contributed by atoms with Gasteiger partial charge in [0.1, 0.15) is 5.82 Å². The van der Waals surface area contributed by atoms with Crippen LogP contribution < -0.4 is 10.5 Å². The number of nitrogens with two attached hydrogens (primary N) is 1. The van der Waals surface area contributed by atoms with E-state index in [9.17, 15) is 27.7 Å². The molecular formula is C10H12FN3O5S. The Labute approximate surface area is 114 Å². The monoisotopic (exact) mass is 305 g/mol. The van der Waals surface area contributed by atoms with Crippen molar-refractivity contribution < 1.29 is 22.5 Å². The lowest BCUT2D eigenvalue weighted by atomic mass is 10.1.